The van der Waals surface area contributed by atoms with Gasteiger partial charge in [0.25, 0.3) is 0 Å². The van der Waals surface area contributed by atoms with E-state index >= 15 is 4.79 Å². The number of nitrogens with zero attached hydrogens (tertiary/aromatic N) is 2. The van der Waals surface area contributed by atoms with Gasteiger partial charge in [-0.15, -0.1) is 6.58 Å². The maximum atomic E-state index is 15.0. The first-order valence-electron chi connectivity index (χ1n) is 26.3. The number of aliphatic hydroxyl groups excluding tert-OH is 2. The summed E-state index contributed by atoms with van der Waals surface area (Å²) in [6, 6.07) is 20.0. The van der Waals surface area contributed by atoms with E-state index in [0.29, 0.717) is 48.1 Å². The molecule has 6 unspecified atom stereocenters. The number of oxime groups is 1. The smallest absolute Gasteiger partial charge is 0.412 e. The molecule has 0 spiro atoms. The van der Waals surface area contributed by atoms with Crippen LogP contribution >= 0.6 is 0 Å². The van der Waals surface area contributed by atoms with Crippen molar-refractivity contribution in [1.82, 2.24) is 10.2 Å². The fraction of sp³-hybridized carbons (Fsp3) is 0.561. The summed E-state index contributed by atoms with van der Waals surface area (Å²) in [6.07, 6.45) is 19.0. The highest BCUT2D eigenvalue weighted by molar-refractivity contribution is 6.03. The zero-order valence-corrected chi connectivity index (χ0v) is 42.0. The highest BCUT2D eigenvalue weighted by Gasteiger charge is 2.65. The largest absolute Gasteiger partial charge is 0.459 e. The minimum absolute atomic E-state index is 0.0210. The summed E-state index contributed by atoms with van der Waals surface area (Å²) in [6.45, 7) is 7.33. The third kappa shape index (κ3) is 13.7. The number of benzene rings is 3. The van der Waals surface area contributed by atoms with E-state index < -0.39 is 29.9 Å². The molecule has 2 aliphatic heterocycles. The molecule has 71 heavy (non-hydrogen) atoms. The lowest BCUT2D eigenvalue weighted by Gasteiger charge is -2.59. The van der Waals surface area contributed by atoms with E-state index in [1.165, 1.54) is 52.1 Å². The van der Waals surface area contributed by atoms with Crippen LogP contribution in [0.15, 0.2) is 96.2 Å². The van der Waals surface area contributed by atoms with E-state index in [-0.39, 0.29) is 63.9 Å². The predicted octanol–water partition coefficient (Wildman–Crippen LogP) is 11.5. The molecule has 1 fully saturated rings. The highest BCUT2D eigenvalue weighted by atomic mass is 16.7. The third-order valence-corrected chi connectivity index (χ3v) is 14.5. The molecule has 3 aromatic rings. The van der Waals surface area contributed by atoms with E-state index in [1.807, 2.05) is 60.7 Å². The van der Waals surface area contributed by atoms with Crippen LogP contribution in [-0.4, -0.2) is 85.2 Å². The Balaban J connectivity index is 1.28. The average molecular weight is 980 g/mol. The second-order valence-corrected chi connectivity index (χ2v) is 19.3. The van der Waals surface area contributed by atoms with E-state index in [9.17, 15) is 15.0 Å². The molecule has 1 saturated carbocycles. The number of rotatable bonds is 29. The summed E-state index contributed by atoms with van der Waals surface area (Å²) >= 11 is 0. The van der Waals surface area contributed by atoms with Crippen molar-refractivity contribution in [2.75, 3.05) is 40.3 Å². The summed E-state index contributed by atoms with van der Waals surface area (Å²) in [5, 5.41) is 27.6. The Bertz CT molecular complexity index is 2230. The Kier molecular flexibility index (Phi) is 20.5. The van der Waals surface area contributed by atoms with Gasteiger partial charge >= 0.3 is 12.2 Å². The van der Waals surface area contributed by atoms with Gasteiger partial charge in [-0.1, -0.05) is 131 Å². The second kappa shape index (κ2) is 27.3. The molecule has 0 bridgehead atoms. The van der Waals surface area contributed by atoms with Gasteiger partial charge in [0.05, 0.1) is 24.8 Å². The zero-order valence-electron chi connectivity index (χ0n) is 42.0. The lowest BCUT2D eigenvalue weighted by atomic mass is 9.55. The van der Waals surface area contributed by atoms with Crippen molar-refractivity contribution < 1.29 is 53.1 Å². The van der Waals surface area contributed by atoms with Crippen molar-refractivity contribution in [3.8, 4) is 23.0 Å². The molecule has 2 amide bonds. The molecule has 7 rings (SSSR count). The first-order valence-corrected chi connectivity index (χ1v) is 26.3. The topological polar surface area (TPSA) is 167 Å². The van der Waals surface area contributed by atoms with E-state index in [1.54, 1.807) is 17.0 Å². The minimum atomic E-state index is -1.52. The van der Waals surface area contributed by atoms with Crippen molar-refractivity contribution in [2.24, 2.45) is 22.9 Å². The van der Waals surface area contributed by atoms with Crippen LogP contribution in [0.5, 0.6) is 23.0 Å². The summed E-state index contributed by atoms with van der Waals surface area (Å²) in [4.78, 5) is 35.8. The molecule has 4 aliphatic rings. The van der Waals surface area contributed by atoms with Crippen LogP contribution in [0, 0.1) is 17.8 Å². The molecule has 0 aromatic heterocycles. The molecule has 2 aliphatic carbocycles. The summed E-state index contributed by atoms with van der Waals surface area (Å²) in [5.41, 5.74) is 4.11. The molecule has 6 atom stereocenters. The first-order chi connectivity index (χ1) is 34.8. The number of amides is 2. The molecule has 2 heterocycles. The summed E-state index contributed by atoms with van der Waals surface area (Å²) < 4.78 is 38.3. The van der Waals surface area contributed by atoms with Gasteiger partial charge in [-0.25, -0.2) is 9.59 Å². The van der Waals surface area contributed by atoms with Gasteiger partial charge in [0, 0.05) is 44.2 Å². The van der Waals surface area contributed by atoms with Crippen LogP contribution in [0.2, 0.25) is 0 Å². The van der Waals surface area contributed by atoms with Crippen molar-refractivity contribution in [3.05, 3.63) is 108 Å². The number of ether oxygens (including phenoxy) is 6. The quantitative estimate of drug-likeness (QED) is 0.0344. The van der Waals surface area contributed by atoms with Gasteiger partial charge in [0.2, 0.25) is 12.6 Å². The number of hydrogen-bond donors (Lipinski definition) is 3. The minimum Gasteiger partial charge on any atom is -0.459 e. The number of nitrogens with one attached hydrogen (secondary N) is 1. The monoisotopic (exact) mass is 980 g/mol. The van der Waals surface area contributed by atoms with E-state index in [0.717, 1.165) is 67.2 Å². The van der Waals surface area contributed by atoms with Crippen molar-refractivity contribution in [1.29, 1.82) is 0 Å². The molecule has 14 nitrogen and oxygen atoms in total. The highest BCUT2D eigenvalue weighted by Crippen LogP contribution is 2.62. The zero-order chi connectivity index (χ0) is 49.8. The number of allylic oxidation sites excluding steroid dienone is 1. The predicted molar refractivity (Wildman–Crippen MR) is 273 cm³/mol. The van der Waals surface area contributed by atoms with Crippen LogP contribution in [0.4, 0.5) is 9.59 Å². The molecular weight excluding hydrogens is 903 g/mol. The average Bonchev–Trinajstić information content (AvgIpc) is 3.86. The number of hydrogen-bond acceptors (Lipinski definition) is 12. The number of fused-ring (bicyclic) bond motifs is 3. The maximum Gasteiger partial charge on any atom is 0.412 e. The number of aliphatic hydroxyl groups is 2. The number of unbranched alkanes of at least 4 members (excludes halogenated alkanes) is 11. The maximum absolute atomic E-state index is 15.0. The Labute approximate surface area is 420 Å². The number of carbonyl (C=O) groups is 2. The van der Waals surface area contributed by atoms with Gasteiger partial charge in [0.1, 0.15) is 24.7 Å². The van der Waals surface area contributed by atoms with Gasteiger partial charge < -0.3 is 48.8 Å². The van der Waals surface area contributed by atoms with Crippen molar-refractivity contribution in [3.63, 3.8) is 0 Å². The molecular formula is C57H77N3O11. The Hall–Kier alpha value is -5.57. The molecule has 386 valence electrons. The third-order valence-electron chi connectivity index (χ3n) is 14.5. The SMILES string of the molecule is C=CCOC12Oc3ccc(OC(=O)NCc4ccccc4)cc3C3C(CCCCO)C(CCCCO)C=C(C(=NOC)CC1N(Cc1ccc4c(c1)OCO4)C(=O)OCCCCCCCCCCCC)C32. The Morgan fingerprint density at radius 2 is 1.56 bits per heavy atom. The second-order valence-electron chi connectivity index (χ2n) is 19.3. The normalized spacial score (nSPS) is 22.1. The van der Waals surface area contributed by atoms with E-state index in [4.69, 9.17) is 38.4 Å². The fourth-order valence-corrected chi connectivity index (χ4v) is 11.1. The standard InChI is InChI=1S/C57H77N3O11/c1-4-6-7-8-9-10-11-12-13-21-33-66-56(64)60(39-42-26-28-50-51(34-42)68-40-67-50)52-37-48(59-65-3)46-35-43(24-17-19-30-61)45(25-18-20-31-62)53-47-36-44(70-55(63)58-38-41-22-15-14-16-23-41)27-29-49(47)71-57(52,54(46)53)69-32-5-2/h5,14-16,22-23,26-29,34-36,43,45,52-54,61-62H,2,4,6-13,17-21,24-25,30-33,37-40H2,1,3H3,(H,58,63). The van der Waals surface area contributed by atoms with Crippen molar-refractivity contribution in [2.45, 2.75) is 147 Å². The fourth-order valence-electron chi connectivity index (χ4n) is 11.1. The van der Waals surface area contributed by atoms with Crippen LogP contribution in [-0.2, 0) is 27.4 Å². The lowest BCUT2D eigenvalue weighted by molar-refractivity contribution is -0.256. The van der Waals surface area contributed by atoms with E-state index in [2.05, 4.69) is 24.9 Å². The van der Waals surface area contributed by atoms with Gasteiger partial charge in [-0.2, -0.15) is 0 Å². The van der Waals surface area contributed by atoms with Crippen LogP contribution < -0.4 is 24.3 Å². The first kappa shape index (κ1) is 53.2. The molecule has 3 N–H and O–H groups in total. The molecule has 0 saturated heterocycles. The Morgan fingerprint density at radius 3 is 2.30 bits per heavy atom. The summed E-state index contributed by atoms with van der Waals surface area (Å²) in [7, 11) is 1.53. The van der Waals surface area contributed by atoms with Gasteiger partial charge in [-0.3, -0.25) is 4.90 Å². The molecule has 14 heteroatoms. The van der Waals surface area contributed by atoms with Crippen LogP contribution in [0.25, 0.3) is 0 Å². The number of carbonyl (C=O) groups excluding carboxylic acids is 2. The van der Waals surface area contributed by atoms with Crippen molar-refractivity contribution >= 4 is 17.9 Å². The summed E-state index contributed by atoms with van der Waals surface area (Å²) in [5.74, 6) is -0.305. The van der Waals surface area contributed by atoms with Crippen LogP contribution in [0.3, 0.4) is 0 Å². The molecule has 0 radical (unpaired) electrons. The van der Waals surface area contributed by atoms with Crippen LogP contribution in [0.1, 0.15) is 139 Å². The van der Waals surface area contributed by atoms with Gasteiger partial charge in [0.15, 0.2) is 11.5 Å². The van der Waals surface area contributed by atoms with Gasteiger partial charge in [-0.05, 0) is 91.0 Å². The Morgan fingerprint density at radius 1 is 0.845 bits per heavy atom. The lowest BCUT2D eigenvalue weighted by Crippen LogP contribution is -2.70. The molecule has 3 aromatic carbocycles.